The van der Waals surface area contributed by atoms with Crippen LogP contribution in [0.15, 0.2) is 35.6 Å². The Morgan fingerprint density at radius 3 is 2.82 bits per heavy atom. The van der Waals surface area contributed by atoms with Gasteiger partial charge in [0.1, 0.15) is 17.9 Å². The van der Waals surface area contributed by atoms with Crippen molar-refractivity contribution in [1.29, 1.82) is 0 Å². The third-order valence-electron chi connectivity index (χ3n) is 4.00. The standard InChI is InChI=1S/C19H29N7O2/c1-3-17-25-24-14-26(17)12-11-23-19(20-4-2)22-10-6-9-21-18(28)15-7-5-8-16(27)13-15/h5,7-8,13-14,27H,3-4,6,9-12H2,1-2H3,(H,21,28)(H2,20,22,23). The van der Waals surface area contributed by atoms with Crippen LogP contribution in [0.5, 0.6) is 5.75 Å². The number of aromatic hydroxyl groups is 1. The highest BCUT2D eigenvalue weighted by molar-refractivity contribution is 5.94. The molecular formula is C19H29N7O2. The first-order valence-electron chi connectivity index (χ1n) is 9.60. The number of phenolic OH excluding ortho intramolecular Hbond substituents is 1. The van der Waals surface area contributed by atoms with Crippen LogP contribution < -0.4 is 16.0 Å². The summed E-state index contributed by atoms with van der Waals surface area (Å²) >= 11 is 0. The predicted molar refractivity (Wildman–Crippen MR) is 108 cm³/mol. The van der Waals surface area contributed by atoms with Gasteiger partial charge in [0.15, 0.2) is 5.96 Å². The van der Waals surface area contributed by atoms with E-state index < -0.39 is 0 Å². The maximum atomic E-state index is 12.0. The normalized spacial score (nSPS) is 11.3. The van der Waals surface area contributed by atoms with E-state index in [2.05, 4.69) is 38.1 Å². The van der Waals surface area contributed by atoms with E-state index in [-0.39, 0.29) is 11.7 Å². The molecule has 2 rings (SSSR count). The zero-order chi connectivity index (χ0) is 20.2. The zero-order valence-corrected chi connectivity index (χ0v) is 16.5. The summed E-state index contributed by atoms with van der Waals surface area (Å²) in [4.78, 5) is 16.5. The van der Waals surface area contributed by atoms with Crippen molar-refractivity contribution in [3.05, 3.63) is 42.0 Å². The van der Waals surface area contributed by atoms with Crippen LogP contribution in [-0.2, 0) is 13.0 Å². The first kappa shape index (κ1) is 21.2. The Morgan fingerprint density at radius 1 is 1.21 bits per heavy atom. The fraction of sp³-hybridized carbons (Fsp3) is 0.474. The molecule has 28 heavy (non-hydrogen) atoms. The average molecular weight is 387 g/mol. The maximum Gasteiger partial charge on any atom is 0.251 e. The van der Waals surface area contributed by atoms with E-state index in [0.29, 0.717) is 31.6 Å². The summed E-state index contributed by atoms with van der Waals surface area (Å²) in [7, 11) is 0. The molecule has 9 heteroatoms. The van der Waals surface area contributed by atoms with Gasteiger partial charge in [-0.15, -0.1) is 10.2 Å². The van der Waals surface area contributed by atoms with E-state index >= 15 is 0 Å². The maximum absolute atomic E-state index is 12.0. The minimum absolute atomic E-state index is 0.0798. The van der Waals surface area contributed by atoms with E-state index in [0.717, 1.165) is 31.3 Å². The number of nitrogens with zero attached hydrogens (tertiary/aromatic N) is 4. The summed E-state index contributed by atoms with van der Waals surface area (Å²) in [6.45, 7) is 7.42. The molecule has 4 N–H and O–H groups in total. The quantitative estimate of drug-likeness (QED) is 0.274. The Hall–Kier alpha value is -3.10. The Labute approximate surface area is 165 Å². The van der Waals surface area contributed by atoms with Gasteiger partial charge in [0.05, 0.1) is 0 Å². The molecule has 2 aromatic rings. The van der Waals surface area contributed by atoms with Gasteiger partial charge in [0.25, 0.3) is 5.91 Å². The van der Waals surface area contributed by atoms with Crippen LogP contribution in [0.4, 0.5) is 0 Å². The lowest BCUT2D eigenvalue weighted by atomic mass is 10.2. The molecule has 0 fully saturated rings. The number of rotatable bonds is 10. The number of benzene rings is 1. The van der Waals surface area contributed by atoms with Crippen molar-refractivity contribution in [1.82, 2.24) is 30.7 Å². The fourth-order valence-corrected chi connectivity index (χ4v) is 2.60. The molecule has 152 valence electrons. The van der Waals surface area contributed by atoms with E-state index in [1.165, 1.54) is 12.1 Å². The number of guanidine groups is 1. The SMILES string of the molecule is CCNC(=NCCCNC(=O)c1cccc(O)c1)NCCn1cnnc1CC. The van der Waals surface area contributed by atoms with Gasteiger partial charge in [-0.25, -0.2) is 0 Å². The molecule has 0 bridgehead atoms. The third kappa shape index (κ3) is 6.90. The van der Waals surface area contributed by atoms with Gasteiger partial charge in [0, 0.05) is 44.7 Å². The number of aryl methyl sites for hydroxylation is 1. The van der Waals surface area contributed by atoms with Gasteiger partial charge in [-0.05, 0) is 31.5 Å². The van der Waals surface area contributed by atoms with Crippen LogP contribution in [0.2, 0.25) is 0 Å². The number of nitrogens with one attached hydrogen (secondary N) is 3. The average Bonchev–Trinajstić information content (AvgIpc) is 3.15. The molecule has 0 aliphatic heterocycles. The number of aliphatic imine (C=N–C) groups is 1. The van der Waals surface area contributed by atoms with Gasteiger partial charge >= 0.3 is 0 Å². The first-order chi connectivity index (χ1) is 13.6. The van der Waals surface area contributed by atoms with E-state index in [4.69, 9.17) is 0 Å². The highest BCUT2D eigenvalue weighted by Crippen LogP contribution is 2.10. The summed E-state index contributed by atoms with van der Waals surface area (Å²) in [5, 5.41) is 26.7. The number of phenols is 1. The number of amides is 1. The van der Waals surface area contributed by atoms with Crippen LogP contribution in [0.1, 0.15) is 36.5 Å². The van der Waals surface area contributed by atoms with E-state index in [1.54, 1.807) is 18.5 Å². The molecule has 0 spiro atoms. The molecule has 0 aliphatic carbocycles. The number of carbonyl (C=O) groups is 1. The summed E-state index contributed by atoms with van der Waals surface area (Å²) in [5.74, 6) is 1.58. The van der Waals surface area contributed by atoms with Crippen LogP contribution in [-0.4, -0.2) is 57.9 Å². The van der Waals surface area contributed by atoms with Crippen LogP contribution in [0.3, 0.4) is 0 Å². The smallest absolute Gasteiger partial charge is 0.251 e. The monoisotopic (exact) mass is 387 g/mol. The lowest BCUT2D eigenvalue weighted by Gasteiger charge is -2.12. The van der Waals surface area contributed by atoms with Crippen molar-refractivity contribution >= 4 is 11.9 Å². The fourth-order valence-electron chi connectivity index (χ4n) is 2.60. The van der Waals surface area contributed by atoms with Crippen molar-refractivity contribution in [2.24, 2.45) is 4.99 Å². The number of hydrogen-bond acceptors (Lipinski definition) is 5. The second-order valence-electron chi connectivity index (χ2n) is 6.14. The lowest BCUT2D eigenvalue weighted by molar-refractivity contribution is 0.0953. The summed E-state index contributed by atoms with van der Waals surface area (Å²) in [6, 6.07) is 6.29. The van der Waals surface area contributed by atoms with Gasteiger partial charge < -0.3 is 25.6 Å². The third-order valence-corrected chi connectivity index (χ3v) is 4.00. The lowest BCUT2D eigenvalue weighted by Crippen LogP contribution is -2.39. The summed E-state index contributed by atoms with van der Waals surface area (Å²) in [6.07, 6.45) is 3.30. The van der Waals surface area contributed by atoms with Crippen molar-refractivity contribution in [2.45, 2.75) is 33.2 Å². The molecule has 0 unspecified atom stereocenters. The second-order valence-corrected chi connectivity index (χ2v) is 6.14. The molecule has 0 atom stereocenters. The highest BCUT2D eigenvalue weighted by Gasteiger charge is 2.05. The molecule has 0 saturated heterocycles. The minimum atomic E-state index is -0.203. The Bertz CT molecular complexity index is 773. The topological polar surface area (TPSA) is 116 Å². The van der Waals surface area contributed by atoms with Crippen molar-refractivity contribution in [2.75, 3.05) is 26.2 Å². The molecule has 1 aromatic heterocycles. The van der Waals surface area contributed by atoms with Crippen LogP contribution in [0, 0.1) is 0 Å². The number of carbonyl (C=O) groups excluding carboxylic acids is 1. The van der Waals surface area contributed by atoms with Crippen LogP contribution in [0.25, 0.3) is 0 Å². The largest absolute Gasteiger partial charge is 0.508 e. The molecular weight excluding hydrogens is 358 g/mol. The Morgan fingerprint density at radius 2 is 2.07 bits per heavy atom. The van der Waals surface area contributed by atoms with Crippen molar-refractivity contribution in [3.8, 4) is 5.75 Å². The summed E-state index contributed by atoms with van der Waals surface area (Å²) in [5.41, 5.74) is 0.443. The van der Waals surface area contributed by atoms with Crippen molar-refractivity contribution < 1.29 is 9.90 Å². The highest BCUT2D eigenvalue weighted by atomic mass is 16.3. The summed E-state index contributed by atoms with van der Waals surface area (Å²) < 4.78 is 2.02. The molecule has 0 radical (unpaired) electrons. The van der Waals surface area contributed by atoms with Gasteiger partial charge in [-0.2, -0.15) is 0 Å². The molecule has 0 aliphatic rings. The van der Waals surface area contributed by atoms with Gasteiger partial charge in [0.2, 0.25) is 0 Å². The number of aromatic nitrogens is 3. The van der Waals surface area contributed by atoms with Gasteiger partial charge in [-0.3, -0.25) is 9.79 Å². The van der Waals surface area contributed by atoms with E-state index in [1.807, 2.05) is 11.5 Å². The molecule has 9 nitrogen and oxygen atoms in total. The molecule has 1 aromatic carbocycles. The zero-order valence-electron chi connectivity index (χ0n) is 16.5. The molecule has 1 amide bonds. The minimum Gasteiger partial charge on any atom is -0.508 e. The Balaban J connectivity index is 1.70. The van der Waals surface area contributed by atoms with Crippen molar-refractivity contribution in [3.63, 3.8) is 0 Å². The van der Waals surface area contributed by atoms with Gasteiger partial charge in [-0.1, -0.05) is 13.0 Å². The van der Waals surface area contributed by atoms with E-state index in [9.17, 15) is 9.90 Å². The van der Waals surface area contributed by atoms with Crippen LogP contribution >= 0.6 is 0 Å². The molecule has 0 saturated carbocycles. The Kier molecular flexibility index (Phi) is 8.77. The number of hydrogen-bond donors (Lipinski definition) is 4. The second kappa shape index (κ2) is 11.6. The predicted octanol–water partition coefficient (Wildman–Crippen LogP) is 0.921. The molecule has 1 heterocycles. The first-order valence-corrected chi connectivity index (χ1v) is 9.60.